The van der Waals surface area contributed by atoms with Crippen LogP contribution in [0.5, 0.6) is 5.75 Å². The predicted molar refractivity (Wildman–Crippen MR) is 162 cm³/mol. The lowest BCUT2D eigenvalue weighted by atomic mass is 9.92. The first-order valence-corrected chi connectivity index (χ1v) is 14.7. The van der Waals surface area contributed by atoms with Gasteiger partial charge in [-0.05, 0) is 83.8 Å². The van der Waals surface area contributed by atoms with E-state index < -0.39 is 71.5 Å². The molecule has 1 heterocycles. The van der Waals surface area contributed by atoms with E-state index in [1.807, 2.05) is 0 Å². The fourth-order valence-electron chi connectivity index (χ4n) is 5.62. The number of carboxylic acid groups (broad SMARTS) is 1. The highest BCUT2D eigenvalue weighted by atomic mass is 35.5. The number of rotatable bonds is 7. The van der Waals surface area contributed by atoms with Crippen LogP contribution in [-0.4, -0.2) is 35.2 Å². The van der Waals surface area contributed by atoms with Crippen LogP contribution in [0, 0.1) is 0 Å². The largest absolute Gasteiger partial charge is 0.496 e. The lowest BCUT2D eigenvalue weighted by molar-refractivity contribution is -0.143. The molecule has 1 fully saturated rings. The number of ether oxygens (including phenoxy) is 2. The number of alkyl halides is 9. The van der Waals surface area contributed by atoms with Crippen LogP contribution in [0.25, 0.3) is 22.3 Å². The van der Waals surface area contributed by atoms with Crippen LogP contribution in [0.1, 0.15) is 51.2 Å². The second-order valence-corrected chi connectivity index (χ2v) is 11.7. The molecule has 1 amide bonds. The molecule has 1 aliphatic rings. The quantitative estimate of drug-likeness (QED) is 0.192. The number of carbonyl (C=O) groups is 2. The van der Waals surface area contributed by atoms with E-state index in [2.05, 4.69) is 0 Å². The highest BCUT2D eigenvalue weighted by Crippen LogP contribution is 2.44. The molecular formula is C34H23ClF9NO5. The fraction of sp³-hybridized carbons (Fsp3) is 0.235. The minimum absolute atomic E-state index is 0.0524. The van der Waals surface area contributed by atoms with Gasteiger partial charge in [-0.2, -0.15) is 39.5 Å². The lowest BCUT2D eigenvalue weighted by Gasteiger charge is -2.24. The van der Waals surface area contributed by atoms with Crippen LogP contribution >= 0.6 is 11.6 Å². The third kappa shape index (κ3) is 7.32. The zero-order valence-electron chi connectivity index (χ0n) is 25.6. The summed E-state index contributed by atoms with van der Waals surface area (Å²) in [6, 6.07) is 10.7. The summed E-state index contributed by atoms with van der Waals surface area (Å²) in [5.74, 6) is -1.05. The van der Waals surface area contributed by atoms with Gasteiger partial charge in [0.05, 0.1) is 42.0 Å². The highest BCUT2D eigenvalue weighted by Gasteiger charge is 2.44. The summed E-state index contributed by atoms with van der Waals surface area (Å²) in [6.45, 7) is 0.669. The molecule has 2 atom stereocenters. The Labute approximate surface area is 282 Å². The minimum Gasteiger partial charge on any atom is -0.496 e. The molecule has 1 aliphatic heterocycles. The second kappa shape index (κ2) is 13.1. The van der Waals surface area contributed by atoms with E-state index in [0.717, 1.165) is 23.1 Å². The second-order valence-electron chi connectivity index (χ2n) is 11.3. The molecule has 5 rings (SSSR count). The first-order valence-electron chi connectivity index (χ1n) is 14.4. The summed E-state index contributed by atoms with van der Waals surface area (Å²) in [4.78, 5) is 25.4. The Morgan fingerprint density at radius 2 is 1.40 bits per heavy atom. The van der Waals surface area contributed by atoms with Crippen LogP contribution in [-0.2, 0) is 29.8 Å². The van der Waals surface area contributed by atoms with Gasteiger partial charge in [-0.1, -0.05) is 29.8 Å². The van der Waals surface area contributed by atoms with Crippen molar-refractivity contribution in [3.63, 3.8) is 0 Å². The maximum Gasteiger partial charge on any atom is 0.416 e. The molecule has 0 saturated carbocycles. The van der Waals surface area contributed by atoms with Crippen molar-refractivity contribution < 1.29 is 63.7 Å². The normalized spacial score (nSPS) is 16.8. The molecule has 1 N–H and O–H groups in total. The van der Waals surface area contributed by atoms with Crippen LogP contribution in [0.4, 0.5) is 44.3 Å². The number of methoxy groups -OCH3 is 1. The van der Waals surface area contributed by atoms with Crippen molar-refractivity contribution in [3.05, 3.63) is 111 Å². The Balaban J connectivity index is 1.59. The summed E-state index contributed by atoms with van der Waals surface area (Å²) >= 11 is 6.36. The van der Waals surface area contributed by atoms with E-state index in [4.69, 9.17) is 21.1 Å². The number of nitrogens with zero attached hydrogens (tertiary/aromatic N) is 1. The molecule has 0 radical (unpaired) electrons. The highest BCUT2D eigenvalue weighted by molar-refractivity contribution is 6.33. The summed E-state index contributed by atoms with van der Waals surface area (Å²) < 4.78 is 134. The topological polar surface area (TPSA) is 76.1 Å². The molecule has 0 bridgehead atoms. The zero-order valence-corrected chi connectivity index (χ0v) is 26.4. The van der Waals surface area contributed by atoms with Gasteiger partial charge in [0.2, 0.25) is 0 Å². The number of hydrogen-bond donors (Lipinski definition) is 1. The van der Waals surface area contributed by atoms with Crippen molar-refractivity contribution in [1.29, 1.82) is 0 Å². The van der Waals surface area contributed by atoms with E-state index in [1.165, 1.54) is 44.4 Å². The number of halogens is 10. The van der Waals surface area contributed by atoms with Gasteiger partial charge in [0.1, 0.15) is 11.9 Å². The van der Waals surface area contributed by atoms with E-state index in [0.29, 0.717) is 23.3 Å². The lowest BCUT2D eigenvalue weighted by Crippen LogP contribution is -2.32. The van der Waals surface area contributed by atoms with Crippen molar-refractivity contribution in [2.75, 3.05) is 7.11 Å². The SMILES string of the molecule is COc1ccc(-c2ccc(C(=O)O)cc2Cl)cc1-c1ccc(C(F)(F)F)cc1CN1C(=O)O[C@H](c2cc(C(F)(F)F)cc(C(F)(F)F)c2)[C@@H]1C. The average Bonchev–Trinajstić information content (AvgIpc) is 3.31. The van der Waals surface area contributed by atoms with Crippen molar-refractivity contribution in [3.8, 4) is 28.0 Å². The number of hydrogen-bond acceptors (Lipinski definition) is 4. The third-order valence-corrected chi connectivity index (χ3v) is 8.43. The van der Waals surface area contributed by atoms with Gasteiger partial charge in [0.15, 0.2) is 0 Å². The van der Waals surface area contributed by atoms with Crippen LogP contribution < -0.4 is 4.74 Å². The van der Waals surface area contributed by atoms with Crippen molar-refractivity contribution in [1.82, 2.24) is 4.90 Å². The number of carbonyl (C=O) groups excluding carboxylic acids is 1. The van der Waals surface area contributed by atoms with Crippen LogP contribution in [0.3, 0.4) is 0 Å². The smallest absolute Gasteiger partial charge is 0.416 e. The molecule has 4 aromatic rings. The standard InChI is InChI=1S/C34H23ClF9NO5/c1-16-29(19-9-22(33(39,40)41)14-23(10-19)34(42,43)44)50-31(48)45(16)15-20-11-21(32(36,37)38)5-7-24(20)26-12-17(4-8-28(26)49-2)25-6-3-18(30(46)47)13-27(25)35/h3-14,16,29H,15H2,1-2H3,(H,46,47)/t16-,29-/m0/s1. The van der Waals surface area contributed by atoms with Crippen LogP contribution in [0.15, 0.2) is 72.8 Å². The van der Waals surface area contributed by atoms with Gasteiger partial charge in [-0.15, -0.1) is 0 Å². The number of benzene rings is 4. The van der Waals surface area contributed by atoms with E-state index in [-0.39, 0.29) is 39.1 Å². The van der Waals surface area contributed by atoms with E-state index in [1.54, 1.807) is 6.07 Å². The fourth-order valence-corrected chi connectivity index (χ4v) is 5.91. The first kappa shape index (κ1) is 36.4. The number of amides is 1. The summed E-state index contributed by atoms with van der Waals surface area (Å²) in [6.07, 6.45) is -18.0. The molecule has 6 nitrogen and oxygen atoms in total. The van der Waals surface area contributed by atoms with Crippen molar-refractivity contribution in [2.45, 2.75) is 44.1 Å². The molecule has 0 aromatic heterocycles. The molecule has 1 saturated heterocycles. The molecule has 0 spiro atoms. The molecule has 16 heteroatoms. The minimum atomic E-state index is -5.18. The monoisotopic (exact) mass is 731 g/mol. The van der Waals surface area contributed by atoms with Crippen molar-refractivity contribution >= 4 is 23.7 Å². The number of carboxylic acids is 1. The zero-order chi connectivity index (χ0) is 36.9. The maximum atomic E-state index is 13.9. The van der Waals surface area contributed by atoms with Gasteiger partial charge in [0, 0.05) is 16.1 Å². The molecule has 4 aromatic carbocycles. The van der Waals surface area contributed by atoms with Gasteiger partial charge >= 0.3 is 30.6 Å². The summed E-state index contributed by atoms with van der Waals surface area (Å²) in [5.41, 5.74) is -4.07. The predicted octanol–water partition coefficient (Wildman–Crippen LogP) is 10.5. The molecule has 264 valence electrons. The Bertz CT molecular complexity index is 1940. The third-order valence-electron chi connectivity index (χ3n) is 8.12. The summed E-state index contributed by atoms with van der Waals surface area (Å²) in [5, 5.41) is 9.34. The van der Waals surface area contributed by atoms with Crippen LogP contribution in [0.2, 0.25) is 5.02 Å². The van der Waals surface area contributed by atoms with Crippen molar-refractivity contribution in [2.24, 2.45) is 0 Å². The summed E-state index contributed by atoms with van der Waals surface area (Å²) in [7, 11) is 1.30. The van der Waals surface area contributed by atoms with Gasteiger partial charge in [-0.25, -0.2) is 9.59 Å². The Morgan fingerprint density at radius 1 is 0.800 bits per heavy atom. The molecule has 50 heavy (non-hydrogen) atoms. The first-order chi connectivity index (χ1) is 23.2. The average molecular weight is 732 g/mol. The van der Waals surface area contributed by atoms with Gasteiger partial charge in [-0.3, -0.25) is 4.90 Å². The number of cyclic esters (lactones) is 1. The van der Waals surface area contributed by atoms with E-state index in [9.17, 15) is 54.2 Å². The molecule has 0 aliphatic carbocycles. The van der Waals surface area contributed by atoms with E-state index >= 15 is 0 Å². The Hall–Kier alpha value is -4.92. The molecular weight excluding hydrogens is 709 g/mol. The maximum absolute atomic E-state index is 13.9. The Morgan fingerprint density at radius 3 is 1.94 bits per heavy atom. The Kier molecular flexibility index (Phi) is 9.51. The molecule has 0 unspecified atom stereocenters. The van der Waals surface area contributed by atoms with Gasteiger partial charge in [0.25, 0.3) is 0 Å². The number of aromatic carboxylic acids is 1. The van der Waals surface area contributed by atoms with Gasteiger partial charge < -0.3 is 14.6 Å².